The number of para-hydroxylation sites is 1. The lowest BCUT2D eigenvalue weighted by molar-refractivity contribution is -0.255. The molecule has 1 amide bonds. The maximum absolute atomic E-state index is 11.8. The van der Waals surface area contributed by atoms with E-state index in [0.717, 1.165) is 6.21 Å². The lowest BCUT2D eigenvalue weighted by Crippen LogP contribution is -2.26. The first-order valence-corrected chi connectivity index (χ1v) is 8.01. The maximum Gasteiger partial charge on any atom is 0.277 e. The highest BCUT2D eigenvalue weighted by Crippen LogP contribution is 2.32. The third kappa shape index (κ3) is 5.11. The van der Waals surface area contributed by atoms with Gasteiger partial charge in [-0.15, -0.1) is 0 Å². The van der Waals surface area contributed by atoms with Crippen LogP contribution in [0.3, 0.4) is 0 Å². The SMILES string of the molecule is COc1ccc(/C=N\NC(=O)COc2ccccc2Cl)c(C(=O)[O-])c1OC. The Balaban J connectivity index is 2.06. The molecule has 0 unspecified atom stereocenters. The Kier molecular flexibility index (Phi) is 7.01. The Morgan fingerprint density at radius 1 is 1.15 bits per heavy atom. The molecular formula is C18H16ClN2O6-. The predicted octanol–water partition coefficient (Wildman–Crippen LogP) is 1.25. The molecule has 27 heavy (non-hydrogen) atoms. The number of hydrazone groups is 1. The van der Waals surface area contributed by atoms with E-state index < -0.39 is 11.9 Å². The van der Waals surface area contributed by atoms with Crippen LogP contribution >= 0.6 is 11.6 Å². The van der Waals surface area contributed by atoms with E-state index in [1.807, 2.05) is 0 Å². The van der Waals surface area contributed by atoms with Gasteiger partial charge in [0.15, 0.2) is 18.1 Å². The van der Waals surface area contributed by atoms with Crippen LogP contribution in [0.4, 0.5) is 0 Å². The molecule has 0 saturated carbocycles. The summed E-state index contributed by atoms with van der Waals surface area (Å²) in [5, 5.41) is 15.5. The van der Waals surface area contributed by atoms with Crippen molar-refractivity contribution in [3.05, 3.63) is 52.5 Å². The molecule has 9 heteroatoms. The molecule has 0 saturated heterocycles. The second kappa shape index (κ2) is 9.44. The van der Waals surface area contributed by atoms with Gasteiger partial charge in [-0.3, -0.25) is 4.79 Å². The molecular weight excluding hydrogens is 376 g/mol. The van der Waals surface area contributed by atoms with Gasteiger partial charge in [0.05, 0.1) is 37.0 Å². The van der Waals surface area contributed by atoms with Gasteiger partial charge in [-0.05, 0) is 24.3 Å². The molecule has 0 heterocycles. The number of carbonyl (C=O) groups excluding carboxylic acids is 2. The summed E-state index contributed by atoms with van der Waals surface area (Å²) >= 11 is 5.92. The number of ether oxygens (including phenoxy) is 3. The van der Waals surface area contributed by atoms with E-state index in [-0.39, 0.29) is 29.2 Å². The first-order chi connectivity index (χ1) is 13.0. The topological polar surface area (TPSA) is 109 Å². The zero-order valence-electron chi connectivity index (χ0n) is 14.5. The molecule has 0 spiro atoms. The van der Waals surface area contributed by atoms with Crippen LogP contribution in [0, 0.1) is 0 Å². The third-order valence-electron chi connectivity index (χ3n) is 3.37. The lowest BCUT2D eigenvalue weighted by Gasteiger charge is -2.15. The smallest absolute Gasteiger partial charge is 0.277 e. The summed E-state index contributed by atoms with van der Waals surface area (Å²) in [5.41, 5.74) is 2.15. The summed E-state index contributed by atoms with van der Waals surface area (Å²) in [6, 6.07) is 9.66. The number of hydrogen-bond donors (Lipinski definition) is 1. The van der Waals surface area contributed by atoms with E-state index in [0.29, 0.717) is 10.8 Å². The summed E-state index contributed by atoms with van der Waals surface area (Å²) in [6.45, 7) is -0.319. The number of nitrogens with zero attached hydrogens (tertiary/aromatic N) is 1. The molecule has 1 N–H and O–H groups in total. The summed E-state index contributed by atoms with van der Waals surface area (Å²) in [6.07, 6.45) is 1.15. The number of carboxylic acid groups (broad SMARTS) is 1. The molecule has 0 fully saturated rings. The van der Waals surface area contributed by atoms with Crippen molar-refractivity contribution in [1.82, 2.24) is 5.43 Å². The van der Waals surface area contributed by atoms with Crippen molar-refractivity contribution in [3.8, 4) is 17.2 Å². The summed E-state index contributed by atoms with van der Waals surface area (Å²) in [7, 11) is 2.68. The van der Waals surface area contributed by atoms with E-state index >= 15 is 0 Å². The Bertz CT molecular complexity index is 869. The number of hydrogen-bond acceptors (Lipinski definition) is 7. The van der Waals surface area contributed by atoms with Gasteiger partial charge >= 0.3 is 0 Å². The highest BCUT2D eigenvalue weighted by molar-refractivity contribution is 6.32. The van der Waals surface area contributed by atoms with Gasteiger partial charge in [0.25, 0.3) is 5.91 Å². The normalized spacial score (nSPS) is 10.5. The Morgan fingerprint density at radius 3 is 2.52 bits per heavy atom. The van der Waals surface area contributed by atoms with Crippen molar-refractivity contribution in [2.45, 2.75) is 0 Å². The van der Waals surface area contributed by atoms with Crippen LogP contribution in [0.15, 0.2) is 41.5 Å². The Labute approximate surface area is 160 Å². The number of methoxy groups -OCH3 is 2. The number of amides is 1. The minimum absolute atomic E-state index is 0.00479. The number of carbonyl (C=O) groups is 2. The van der Waals surface area contributed by atoms with Gasteiger partial charge in [-0.25, -0.2) is 5.43 Å². The number of nitrogens with one attached hydrogen (secondary N) is 1. The van der Waals surface area contributed by atoms with Crippen LogP contribution in [0.25, 0.3) is 0 Å². The minimum atomic E-state index is -1.47. The molecule has 0 aliphatic carbocycles. The van der Waals surface area contributed by atoms with Crippen LogP contribution in [0.5, 0.6) is 17.2 Å². The second-order valence-electron chi connectivity index (χ2n) is 5.07. The standard InChI is InChI=1S/C18H17ClN2O6/c1-25-14-8-7-11(16(18(23)24)17(14)26-2)9-20-21-15(22)10-27-13-6-4-3-5-12(13)19/h3-9H,10H2,1-2H3,(H,21,22)(H,23,24)/p-1/b20-9-. The van der Waals surface area contributed by atoms with Crippen molar-refractivity contribution in [1.29, 1.82) is 0 Å². The van der Waals surface area contributed by atoms with Gasteiger partial charge in [-0.2, -0.15) is 5.10 Å². The first kappa shape index (κ1) is 20.1. The number of aromatic carboxylic acids is 1. The van der Waals surface area contributed by atoms with Crippen molar-refractivity contribution in [2.75, 3.05) is 20.8 Å². The average molecular weight is 392 g/mol. The van der Waals surface area contributed by atoms with E-state index in [1.54, 1.807) is 24.3 Å². The van der Waals surface area contributed by atoms with Crippen LogP contribution < -0.4 is 24.7 Å². The average Bonchev–Trinajstić information content (AvgIpc) is 2.66. The lowest BCUT2D eigenvalue weighted by atomic mass is 10.1. The van der Waals surface area contributed by atoms with Gasteiger partial charge < -0.3 is 24.1 Å². The van der Waals surface area contributed by atoms with E-state index in [9.17, 15) is 14.7 Å². The highest BCUT2D eigenvalue weighted by Gasteiger charge is 2.15. The van der Waals surface area contributed by atoms with Crippen LogP contribution in [0.1, 0.15) is 15.9 Å². The van der Waals surface area contributed by atoms with Gasteiger partial charge in [0.2, 0.25) is 0 Å². The molecule has 2 rings (SSSR count). The van der Waals surface area contributed by atoms with Crippen LogP contribution in [-0.4, -0.2) is 38.9 Å². The zero-order valence-corrected chi connectivity index (χ0v) is 15.3. The highest BCUT2D eigenvalue weighted by atomic mass is 35.5. The second-order valence-corrected chi connectivity index (χ2v) is 5.47. The molecule has 142 valence electrons. The summed E-state index contributed by atoms with van der Waals surface area (Å²) < 4.78 is 15.4. The van der Waals surface area contributed by atoms with Gasteiger partial charge in [-0.1, -0.05) is 23.7 Å². The van der Waals surface area contributed by atoms with Crippen molar-refractivity contribution >= 4 is 29.7 Å². The Morgan fingerprint density at radius 2 is 1.89 bits per heavy atom. The largest absolute Gasteiger partial charge is 0.545 e. The zero-order chi connectivity index (χ0) is 19.8. The van der Waals surface area contributed by atoms with Gasteiger partial charge in [0, 0.05) is 5.56 Å². The van der Waals surface area contributed by atoms with E-state index in [4.69, 9.17) is 25.8 Å². The van der Waals surface area contributed by atoms with Crippen molar-refractivity contribution in [2.24, 2.45) is 5.10 Å². The molecule has 0 radical (unpaired) electrons. The van der Waals surface area contributed by atoms with Crippen LogP contribution in [0.2, 0.25) is 5.02 Å². The fraction of sp³-hybridized carbons (Fsp3) is 0.167. The molecule has 8 nitrogen and oxygen atoms in total. The summed E-state index contributed by atoms with van der Waals surface area (Å²) in [5.74, 6) is -1.44. The monoisotopic (exact) mass is 391 g/mol. The fourth-order valence-electron chi connectivity index (χ4n) is 2.17. The third-order valence-corrected chi connectivity index (χ3v) is 3.68. The molecule has 0 aromatic heterocycles. The molecule has 0 aliphatic heterocycles. The maximum atomic E-state index is 11.8. The Hall–Kier alpha value is -3.26. The number of carboxylic acids is 1. The molecule has 0 atom stereocenters. The van der Waals surface area contributed by atoms with E-state index in [1.165, 1.54) is 26.4 Å². The van der Waals surface area contributed by atoms with Crippen LogP contribution in [-0.2, 0) is 4.79 Å². The number of benzene rings is 2. The summed E-state index contributed by atoms with van der Waals surface area (Å²) in [4.78, 5) is 23.2. The number of halogens is 1. The minimum Gasteiger partial charge on any atom is -0.545 e. The molecule has 2 aromatic carbocycles. The van der Waals surface area contributed by atoms with E-state index in [2.05, 4.69) is 10.5 Å². The first-order valence-electron chi connectivity index (χ1n) is 7.63. The molecule has 0 aliphatic rings. The predicted molar refractivity (Wildman–Crippen MR) is 96.6 cm³/mol. The quantitative estimate of drug-likeness (QED) is 0.535. The fourth-order valence-corrected chi connectivity index (χ4v) is 2.36. The van der Waals surface area contributed by atoms with Crippen molar-refractivity contribution < 1.29 is 28.9 Å². The molecule has 0 bridgehead atoms. The molecule has 2 aromatic rings. The van der Waals surface area contributed by atoms with Crippen molar-refractivity contribution in [3.63, 3.8) is 0 Å². The number of rotatable bonds is 8. The van der Waals surface area contributed by atoms with Gasteiger partial charge in [0.1, 0.15) is 5.75 Å².